The molecule has 0 bridgehead atoms. The zero-order valence-corrected chi connectivity index (χ0v) is 10.9. The zero-order chi connectivity index (χ0) is 11.1. The third kappa shape index (κ3) is 5.16. The summed E-state index contributed by atoms with van der Waals surface area (Å²) in [6.45, 7) is 3.62. The van der Waals surface area contributed by atoms with Gasteiger partial charge in [0.2, 0.25) is 0 Å². The highest BCUT2D eigenvalue weighted by molar-refractivity contribution is 6.39. The number of carboxylic acid groups (broad SMARTS) is 1. The highest BCUT2D eigenvalue weighted by Gasteiger charge is 2.13. The second-order valence-electron chi connectivity index (χ2n) is 4.66. The van der Waals surface area contributed by atoms with Gasteiger partial charge in [-0.2, -0.15) is 0 Å². The molecule has 0 heterocycles. The third-order valence-electron chi connectivity index (χ3n) is 3.38. The molecule has 15 heavy (non-hydrogen) atoms. The molecule has 0 amide bonds. The molecule has 0 saturated heterocycles. The molecule has 0 aromatic rings. The van der Waals surface area contributed by atoms with Crippen molar-refractivity contribution < 1.29 is 9.90 Å². The molecule has 1 aliphatic rings. The summed E-state index contributed by atoms with van der Waals surface area (Å²) >= 11 is 0. The van der Waals surface area contributed by atoms with Crippen molar-refractivity contribution in [2.75, 3.05) is 0 Å². The van der Waals surface area contributed by atoms with E-state index in [2.05, 4.69) is 6.58 Å². The fourth-order valence-electron chi connectivity index (χ4n) is 2.31. The van der Waals surface area contributed by atoms with Gasteiger partial charge in [-0.1, -0.05) is 57.1 Å². The summed E-state index contributed by atoms with van der Waals surface area (Å²) in [7, 11) is -0.243. The Labute approximate surface area is 94.6 Å². The lowest BCUT2D eigenvalue weighted by atomic mass is 10.0. The van der Waals surface area contributed by atoms with Crippen LogP contribution in [0.15, 0.2) is 12.2 Å². The molecular weight excluding hydrogens is 204 g/mol. The van der Waals surface area contributed by atoms with E-state index in [4.69, 9.17) is 5.11 Å². The van der Waals surface area contributed by atoms with Crippen LogP contribution in [0.4, 0.5) is 0 Å². The van der Waals surface area contributed by atoms with Gasteiger partial charge in [0.25, 0.3) is 0 Å². The van der Waals surface area contributed by atoms with E-state index in [-0.39, 0.29) is 9.52 Å². The number of rotatable bonds is 4. The third-order valence-corrected chi connectivity index (χ3v) is 5.91. The summed E-state index contributed by atoms with van der Waals surface area (Å²) in [5.74, 6) is -0.798. The normalized spacial score (nSPS) is 20.0. The van der Waals surface area contributed by atoms with Gasteiger partial charge in [0.1, 0.15) is 0 Å². The lowest BCUT2D eigenvalue weighted by Gasteiger charge is -2.18. The Balaban J connectivity index is 2.23. The minimum absolute atomic E-state index is 0.243. The van der Waals surface area contributed by atoms with Gasteiger partial charge >= 0.3 is 5.97 Å². The van der Waals surface area contributed by atoms with Gasteiger partial charge in [0.05, 0.1) is 0 Å². The maximum absolute atomic E-state index is 10.6. The molecule has 86 valence electrons. The molecule has 1 fully saturated rings. The first-order chi connectivity index (χ1) is 7.20. The Hall–Kier alpha value is -0.573. The van der Waals surface area contributed by atoms with Crippen LogP contribution >= 0.6 is 0 Å². The lowest BCUT2D eigenvalue weighted by molar-refractivity contribution is -0.132. The average Bonchev–Trinajstić information content (AvgIpc) is 2.15. The van der Waals surface area contributed by atoms with Gasteiger partial charge in [-0.3, -0.25) is 0 Å². The standard InChI is InChI=1S/C12H22O2Si/c1-10(12(13)14)9-15-11-7-5-3-2-4-6-8-11/h11H,1-9,15H2,(H,13,14). The van der Waals surface area contributed by atoms with Crippen LogP contribution in [-0.2, 0) is 4.79 Å². The van der Waals surface area contributed by atoms with E-state index in [1.807, 2.05) is 0 Å². The molecule has 2 nitrogen and oxygen atoms in total. The van der Waals surface area contributed by atoms with Crippen molar-refractivity contribution in [3.63, 3.8) is 0 Å². The Kier molecular flexibility index (Phi) is 5.69. The van der Waals surface area contributed by atoms with Crippen LogP contribution in [0.1, 0.15) is 44.9 Å². The van der Waals surface area contributed by atoms with E-state index < -0.39 is 5.97 Å². The van der Waals surface area contributed by atoms with Crippen molar-refractivity contribution in [1.29, 1.82) is 0 Å². The van der Waals surface area contributed by atoms with Crippen molar-refractivity contribution in [2.24, 2.45) is 0 Å². The first-order valence-electron chi connectivity index (χ1n) is 6.11. The first kappa shape index (κ1) is 12.5. The molecule has 1 rings (SSSR count). The minimum Gasteiger partial charge on any atom is -0.478 e. The van der Waals surface area contributed by atoms with E-state index in [0.717, 1.165) is 11.6 Å². The van der Waals surface area contributed by atoms with Crippen LogP contribution in [0.25, 0.3) is 0 Å². The highest BCUT2D eigenvalue weighted by Crippen LogP contribution is 2.27. The fraction of sp³-hybridized carbons (Fsp3) is 0.750. The Morgan fingerprint density at radius 1 is 1.20 bits per heavy atom. The molecule has 0 atom stereocenters. The Bertz CT molecular complexity index is 218. The Morgan fingerprint density at radius 2 is 1.73 bits per heavy atom. The second kappa shape index (κ2) is 6.83. The van der Waals surface area contributed by atoms with Crippen LogP contribution in [-0.4, -0.2) is 20.6 Å². The van der Waals surface area contributed by atoms with Crippen LogP contribution in [0.5, 0.6) is 0 Å². The van der Waals surface area contributed by atoms with Crippen molar-refractivity contribution in [3.8, 4) is 0 Å². The molecule has 0 spiro atoms. The number of hydrogen-bond acceptors (Lipinski definition) is 1. The van der Waals surface area contributed by atoms with Crippen LogP contribution in [0.3, 0.4) is 0 Å². The van der Waals surface area contributed by atoms with Gasteiger partial charge in [-0.25, -0.2) is 4.79 Å². The molecule has 3 heteroatoms. The molecule has 1 N–H and O–H groups in total. The molecular formula is C12H22O2Si. The summed E-state index contributed by atoms with van der Waals surface area (Å²) in [6, 6.07) is 0.806. The number of aliphatic carboxylic acids is 1. The van der Waals surface area contributed by atoms with Crippen LogP contribution in [0, 0.1) is 0 Å². The number of carbonyl (C=O) groups is 1. The summed E-state index contributed by atoms with van der Waals surface area (Å²) in [5, 5.41) is 8.73. The van der Waals surface area contributed by atoms with Gasteiger partial charge < -0.3 is 5.11 Å². The van der Waals surface area contributed by atoms with Gasteiger partial charge in [-0.05, 0) is 6.04 Å². The minimum atomic E-state index is -0.798. The van der Waals surface area contributed by atoms with Gasteiger partial charge in [0.15, 0.2) is 0 Å². The molecule has 0 aromatic heterocycles. The van der Waals surface area contributed by atoms with E-state index >= 15 is 0 Å². The SMILES string of the molecule is C=C(C[SiH2]C1CCCCCCC1)C(=O)O. The van der Waals surface area contributed by atoms with Crippen molar-refractivity contribution >= 4 is 15.5 Å². The molecule has 0 aliphatic heterocycles. The molecule has 0 aromatic carbocycles. The Morgan fingerprint density at radius 3 is 2.27 bits per heavy atom. The molecule has 0 unspecified atom stereocenters. The maximum Gasteiger partial charge on any atom is 0.330 e. The second-order valence-corrected chi connectivity index (χ2v) is 6.89. The number of carboxylic acids is 1. The predicted molar refractivity (Wildman–Crippen MR) is 66.2 cm³/mol. The monoisotopic (exact) mass is 226 g/mol. The van der Waals surface area contributed by atoms with Crippen LogP contribution < -0.4 is 0 Å². The van der Waals surface area contributed by atoms with Crippen molar-refractivity contribution in [2.45, 2.75) is 56.5 Å². The van der Waals surface area contributed by atoms with E-state index in [1.165, 1.54) is 44.9 Å². The van der Waals surface area contributed by atoms with Crippen molar-refractivity contribution in [3.05, 3.63) is 12.2 Å². The first-order valence-corrected chi connectivity index (χ1v) is 7.93. The van der Waals surface area contributed by atoms with E-state index in [1.54, 1.807) is 0 Å². The largest absolute Gasteiger partial charge is 0.478 e. The summed E-state index contributed by atoms with van der Waals surface area (Å²) < 4.78 is 0. The maximum atomic E-state index is 10.6. The van der Waals surface area contributed by atoms with E-state index in [0.29, 0.717) is 5.57 Å². The van der Waals surface area contributed by atoms with Crippen LogP contribution in [0.2, 0.25) is 11.6 Å². The van der Waals surface area contributed by atoms with Gasteiger partial charge in [-0.15, -0.1) is 0 Å². The smallest absolute Gasteiger partial charge is 0.330 e. The predicted octanol–water partition coefficient (Wildman–Crippen LogP) is 2.75. The van der Waals surface area contributed by atoms with Crippen molar-refractivity contribution in [1.82, 2.24) is 0 Å². The topological polar surface area (TPSA) is 37.3 Å². The summed E-state index contributed by atoms with van der Waals surface area (Å²) in [5.41, 5.74) is 1.31. The molecule has 0 radical (unpaired) electrons. The summed E-state index contributed by atoms with van der Waals surface area (Å²) in [4.78, 5) is 10.6. The highest BCUT2D eigenvalue weighted by atomic mass is 28.2. The summed E-state index contributed by atoms with van der Waals surface area (Å²) in [6.07, 6.45) is 9.57. The lowest BCUT2D eigenvalue weighted by Crippen LogP contribution is -2.09. The zero-order valence-electron chi connectivity index (χ0n) is 9.50. The fourth-order valence-corrected chi connectivity index (χ4v) is 4.44. The molecule has 1 saturated carbocycles. The quantitative estimate of drug-likeness (QED) is 0.591. The van der Waals surface area contributed by atoms with Gasteiger partial charge in [0, 0.05) is 15.1 Å². The molecule has 1 aliphatic carbocycles. The number of hydrogen-bond donors (Lipinski definition) is 1. The van der Waals surface area contributed by atoms with E-state index in [9.17, 15) is 4.79 Å². The average molecular weight is 226 g/mol.